The fourth-order valence-electron chi connectivity index (χ4n) is 3.29. The summed E-state index contributed by atoms with van der Waals surface area (Å²) >= 11 is 0. The van der Waals surface area contributed by atoms with Gasteiger partial charge in [-0.05, 0) is 31.9 Å². The van der Waals surface area contributed by atoms with Crippen molar-refractivity contribution in [1.29, 1.82) is 0 Å². The second kappa shape index (κ2) is 5.65. The summed E-state index contributed by atoms with van der Waals surface area (Å²) < 4.78 is 11.5. The summed E-state index contributed by atoms with van der Waals surface area (Å²) in [6.07, 6.45) is 4.26. The smallest absolute Gasteiger partial charge is 0.134 e. The molecule has 4 heteroatoms. The van der Waals surface area contributed by atoms with Crippen molar-refractivity contribution < 1.29 is 14.3 Å². The van der Waals surface area contributed by atoms with Crippen molar-refractivity contribution in [3.63, 3.8) is 0 Å². The van der Waals surface area contributed by atoms with E-state index in [-0.39, 0.29) is 12.2 Å². The average molecular weight is 265 g/mol. The lowest BCUT2D eigenvalue weighted by atomic mass is 9.91. The Kier molecular flexibility index (Phi) is 3.91. The maximum atomic E-state index is 10.2. The Morgan fingerprint density at radius 2 is 2.11 bits per heavy atom. The number of nitrogens with zero attached hydrogens (tertiary/aromatic N) is 1. The molecule has 2 heterocycles. The van der Waals surface area contributed by atoms with Crippen LogP contribution in [0.3, 0.4) is 0 Å². The molecule has 3 atom stereocenters. The zero-order valence-corrected chi connectivity index (χ0v) is 11.5. The van der Waals surface area contributed by atoms with Crippen LogP contribution >= 0.6 is 0 Å². The highest BCUT2D eigenvalue weighted by Crippen LogP contribution is 2.29. The molecular weight excluding hydrogens is 242 g/mol. The fraction of sp³-hybridized carbons (Fsp3) is 0.733. The normalized spacial score (nSPS) is 33.5. The number of hydrogen-bond acceptors (Lipinski definition) is 4. The molecule has 0 amide bonds. The van der Waals surface area contributed by atoms with Crippen molar-refractivity contribution in [1.82, 2.24) is 4.90 Å². The quantitative estimate of drug-likeness (QED) is 0.891. The summed E-state index contributed by atoms with van der Waals surface area (Å²) in [5, 5.41) is 10.2. The Balaban J connectivity index is 1.67. The molecule has 3 unspecified atom stereocenters. The molecule has 0 radical (unpaired) electrons. The van der Waals surface area contributed by atoms with Crippen molar-refractivity contribution >= 4 is 0 Å². The summed E-state index contributed by atoms with van der Waals surface area (Å²) in [6, 6.07) is 4.28. The Bertz CT molecular complexity index is 417. The Morgan fingerprint density at radius 3 is 2.84 bits per heavy atom. The van der Waals surface area contributed by atoms with Gasteiger partial charge in [0.15, 0.2) is 0 Å². The van der Waals surface area contributed by atoms with Gasteiger partial charge in [0.25, 0.3) is 0 Å². The lowest BCUT2D eigenvalue weighted by Crippen LogP contribution is -2.50. The van der Waals surface area contributed by atoms with Gasteiger partial charge in [-0.15, -0.1) is 0 Å². The molecule has 0 bridgehead atoms. The van der Waals surface area contributed by atoms with E-state index in [2.05, 4.69) is 4.90 Å². The van der Waals surface area contributed by atoms with Gasteiger partial charge < -0.3 is 14.3 Å². The second-order valence-corrected chi connectivity index (χ2v) is 5.72. The molecule has 1 N–H and O–H groups in total. The molecule has 1 aliphatic heterocycles. The summed E-state index contributed by atoms with van der Waals surface area (Å²) in [7, 11) is 0. The van der Waals surface area contributed by atoms with Crippen LogP contribution in [-0.2, 0) is 4.74 Å². The van der Waals surface area contributed by atoms with Gasteiger partial charge >= 0.3 is 0 Å². The molecule has 106 valence electrons. The van der Waals surface area contributed by atoms with Crippen molar-refractivity contribution in [3.8, 4) is 0 Å². The van der Waals surface area contributed by atoms with Crippen LogP contribution in [0.2, 0.25) is 0 Å². The van der Waals surface area contributed by atoms with E-state index in [0.29, 0.717) is 12.6 Å². The van der Waals surface area contributed by atoms with Crippen molar-refractivity contribution in [2.45, 2.75) is 50.9 Å². The predicted molar refractivity (Wildman–Crippen MR) is 72.0 cm³/mol. The molecule has 1 saturated heterocycles. The second-order valence-electron chi connectivity index (χ2n) is 5.72. The number of ether oxygens (including phenoxy) is 1. The number of morpholine rings is 1. The standard InChI is InChI=1S/C15H23NO3/c1-11-6-7-14(19-11)15-10-16(8-9-18-15)12-4-2-3-5-13(12)17/h6-7,12-13,15,17H,2-5,8-10H2,1H3. The molecule has 4 nitrogen and oxygen atoms in total. The molecular formula is C15H23NO3. The van der Waals surface area contributed by atoms with Crippen LogP contribution in [-0.4, -0.2) is 41.8 Å². The molecule has 2 fully saturated rings. The average Bonchev–Trinajstić information content (AvgIpc) is 2.86. The van der Waals surface area contributed by atoms with E-state index >= 15 is 0 Å². The Morgan fingerprint density at radius 1 is 1.26 bits per heavy atom. The highest BCUT2D eigenvalue weighted by molar-refractivity contribution is 5.09. The first kappa shape index (κ1) is 13.2. The van der Waals surface area contributed by atoms with Gasteiger partial charge in [-0.2, -0.15) is 0 Å². The molecule has 1 saturated carbocycles. The first-order valence-electron chi connectivity index (χ1n) is 7.34. The lowest BCUT2D eigenvalue weighted by Gasteiger charge is -2.41. The lowest BCUT2D eigenvalue weighted by molar-refractivity contribution is -0.0811. The van der Waals surface area contributed by atoms with Gasteiger partial charge in [-0.25, -0.2) is 0 Å². The third-order valence-electron chi connectivity index (χ3n) is 4.34. The van der Waals surface area contributed by atoms with E-state index in [1.165, 1.54) is 6.42 Å². The molecule has 3 rings (SSSR count). The number of aliphatic hydroxyl groups is 1. The molecule has 0 spiro atoms. The third kappa shape index (κ3) is 2.86. The first-order valence-corrected chi connectivity index (χ1v) is 7.34. The largest absolute Gasteiger partial charge is 0.464 e. The molecule has 0 aromatic carbocycles. The number of aliphatic hydroxyl groups excluding tert-OH is 1. The molecule has 2 aliphatic rings. The van der Waals surface area contributed by atoms with Gasteiger partial charge in [-0.1, -0.05) is 12.8 Å². The van der Waals surface area contributed by atoms with Crippen LogP contribution in [0.5, 0.6) is 0 Å². The highest BCUT2D eigenvalue weighted by atomic mass is 16.5. The highest BCUT2D eigenvalue weighted by Gasteiger charge is 2.33. The van der Waals surface area contributed by atoms with Crippen LogP contribution in [0.25, 0.3) is 0 Å². The minimum absolute atomic E-state index is 0.0107. The molecule has 19 heavy (non-hydrogen) atoms. The van der Waals surface area contributed by atoms with E-state index < -0.39 is 0 Å². The minimum atomic E-state index is -0.175. The van der Waals surface area contributed by atoms with E-state index in [1.54, 1.807) is 0 Å². The Labute approximate surface area is 114 Å². The SMILES string of the molecule is Cc1ccc(C2CN(C3CCCCC3O)CCO2)o1. The summed E-state index contributed by atoms with van der Waals surface area (Å²) in [6.45, 7) is 4.41. The summed E-state index contributed by atoms with van der Waals surface area (Å²) in [5.74, 6) is 1.83. The number of furan rings is 1. The maximum Gasteiger partial charge on any atom is 0.134 e. The van der Waals surface area contributed by atoms with Gasteiger partial charge in [0, 0.05) is 19.1 Å². The maximum absolute atomic E-state index is 10.2. The van der Waals surface area contributed by atoms with E-state index in [1.807, 2.05) is 19.1 Å². The zero-order valence-electron chi connectivity index (χ0n) is 11.5. The topological polar surface area (TPSA) is 45.8 Å². The molecule has 1 aliphatic carbocycles. The number of aryl methyl sites for hydroxylation is 1. The zero-order chi connectivity index (χ0) is 13.2. The van der Waals surface area contributed by atoms with E-state index in [0.717, 1.165) is 43.9 Å². The number of hydrogen-bond donors (Lipinski definition) is 1. The predicted octanol–water partition coefficient (Wildman–Crippen LogP) is 2.26. The van der Waals surface area contributed by atoms with E-state index in [9.17, 15) is 5.11 Å². The van der Waals surface area contributed by atoms with Gasteiger partial charge in [0.1, 0.15) is 17.6 Å². The first-order chi connectivity index (χ1) is 9.24. The van der Waals surface area contributed by atoms with Crippen molar-refractivity contribution in [2.75, 3.05) is 19.7 Å². The third-order valence-corrected chi connectivity index (χ3v) is 4.34. The van der Waals surface area contributed by atoms with Gasteiger partial charge in [0.2, 0.25) is 0 Å². The summed E-state index contributed by atoms with van der Waals surface area (Å²) in [5.41, 5.74) is 0. The van der Waals surface area contributed by atoms with Crippen LogP contribution < -0.4 is 0 Å². The van der Waals surface area contributed by atoms with Crippen LogP contribution in [0, 0.1) is 6.92 Å². The van der Waals surface area contributed by atoms with Crippen molar-refractivity contribution in [2.24, 2.45) is 0 Å². The van der Waals surface area contributed by atoms with Crippen molar-refractivity contribution in [3.05, 3.63) is 23.7 Å². The molecule has 1 aromatic rings. The van der Waals surface area contributed by atoms with Crippen LogP contribution in [0.4, 0.5) is 0 Å². The van der Waals surface area contributed by atoms with Gasteiger partial charge in [-0.3, -0.25) is 4.90 Å². The minimum Gasteiger partial charge on any atom is -0.464 e. The fourth-order valence-corrected chi connectivity index (χ4v) is 3.29. The Hall–Kier alpha value is -0.840. The van der Waals surface area contributed by atoms with E-state index in [4.69, 9.17) is 9.15 Å². The van der Waals surface area contributed by atoms with Crippen LogP contribution in [0.1, 0.15) is 43.3 Å². The summed E-state index contributed by atoms with van der Waals surface area (Å²) in [4.78, 5) is 2.38. The van der Waals surface area contributed by atoms with Crippen LogP contribution in [0.15, 0.2) is 16.5 Å². The van der Waals surface area contributed by atoms with Gasteiger partial charge in [0.05, 0.1) is 12.7 Å². The monoisotopic (exact) mass is 265 g/mol. The number of rotatable bonds is 2. The molecule has 1 aromatic heterocycles.